The molecule has 0 amide bonds. The molecule has 0 radical (unpaired) electrons. The molecule has 2 rings (SSSR count). The summed E-state index contributed by atoms with van der Waals surface area (Å²) in [6, 6.07) is 8.14. The predicted molar refractivity (Wildman–Crippen MR) is 78.6 cm³/mol. The second-order valence-electron chi connectivity index (χ2n) is 4.49. The quantitative estimate of drug-likeness (QED) is 0.842. The Balaban J connectivity index is 2.18. The van der Waals surface area contributed by atoms with Crippen molar-refractivity contribution in [2.45, 2.75) is 30.5 Å². The van der Waals surface area contributed by atoms with E-state index in [1.807, 2.05) is 32.0 Å². The molecule has 0 aliphatic heterocycles. The van der Waals surface area contributed by atoms with E-state index < -0.39 is 0 Å². The van der Waals surface area contributed by atoms with E-state index >= 15 is 0 Å². The van der Waals surface area contributed by atoms with Crippen molar-refractivity contribution in [1.82, 2.24) is 0 Å². The molecule has 0 fully saturated rings. The molecule has 1 unspecified atom stereocenters. The molecule has 0 spiro atoms. The first-order valence-corrected chi connectivity index (χ1v) is 7.19. The SMILES string of the molecule is COc1ccc(C(C)N)cc1CSc1ccoc1C. The van der Waals surface area contributed by atoms with E-state index in [2.05, 4.69) is 6.07 Å². The van der Waals surface area contributed by atoms with Crippen molar-refractivity contribution in [3.63, 3.8) is 0 Å². The van der Waals surface area contributed by atoms with Crippen LogP contribution in [0.4, 0.5) is 0 Å². The molecule has 102 valence electrons. The molecule has 1 aromatic heterocycles. The first-order valence-electron chi connectivity index (χ1n) is 6.21. The summed E-state index contributed by atoms with van der Waals surface area (Å²) in [7, 11) is 1.69. The Bertz CT molecular complexity index is 549. The lowest BCUT2D eigenvalue weighted by atomic mass is 10.1. The number of benzene rings is 1. The molecule has 19 heavy (non-hydrogen) atoms. The van der Waals surface area contributed by atoms with Gasteiger partial charge in [-0.2, -0.15) is 0 Å². The van der Waals surface area contributed by atoms with E-state index in [-0.39, 0.29) is 6.04 Å². The highest BCUT2D eigenvalue weighted by Crippen LogP contribution is 2.31. The Labute approximate surface area is 118 Å². The van der Waals surface area contributed by atoms with Crippen molar-refractivity contribution in [2.75, 3.05) is 7.11 Å². The highest BCUT2D eigenvalue weighted by molar-refractivity contribution is 7.98. The smallest absolute Gasteiger partial charge is 0.122 e. The summed E-state index contributed by atoms with van der Waals surface area (Å²) in [5, 5.41) is 0. The molecule has 0 saturated heterocycles. The molecule has 2 aromatic rings. The van der Waals surface area contributed by atoms with Gasteiger partial charge in [0.05, 0.1) is 13.4 Å². The third kappa shape index (κ3) is 3.33. The Morgan fingerprint density at radius 3 is 2.74 bits per heavy atom. The summed E-state index contributed by atoms with van der Waals surface area (Å²) in [6.07, 6.45) is 1.72. The minimum absolute atomic E-state index is 0.0327. The van der Waals surface area contributed by atoms with Crippen LogP contribution in [0.2, 0.25) is 0 Å². The first-order chi connectivity index (χ1) is 9.11. The number of nitrogens with two attached hydrogens (primary N) is 1. The lowest BCUT2D eigenvalue weighted by Gasteiger charge is -2.12. The second kappa shape index (κ2) is 6.17. The maximum atomic E-state index is 5.93. The van der Waals surface area contributed by atoms with Crippen LogP contribution in [0.1, 0.15) is 29.9 Å². The fraction of sp³-hybridized carbons (Fsp3) is 0.333. The maximum absolute atomic E-state index is 5.93. The predicted octanol–water partition coefficient (Wildman–Crippen LogP) is 3.91. The molecule has 3 nitrogen and oxygen atoms in total. The topological polar surface area (TPSA) is 48.4 Å². The number of rotatable bonds is 5. The molecular formula is C15H19NO2S. The van der Waals surface area contributed by atoms with E-state index in [1.54, 1.807) is 25.1 Å². The number of hydrogen-bond donors (Lipinski definition) is 1. The minimum Gasteiger partial charge on any atom is -0.496 e. The van der Waals surface area contributed by atoms with Gasteiger partial charge in [-0.3, -0.25) is 0 Å². The molecule has 0 aliphatic carbocycles. The average Bonchev–Trinajstić information content (AvgIpc) is 2.81. The van der Waals surface area contributed by atoms with Crippen LogP contribution < -0.4 is 10.5 Å². The maximum Gasteiger partial charge on any atom is 0.122 e. The van der Waals surface area contributed by atoms with Crippen LogP contribution in [-0.4, -0.2) is 7.11 Å². The molecule has 2 N–H and O–H groups in total. The van der Waals surface area contributed by atoms with Crippen molar-refractivity contribution < 1.29 is 9.15 Å². The van der Waals surface area contributed by atoms with Crippen LogP contribution in [0.3, 0.4) is 0 Å². The van der Waals surface area contributed by atoms with Gasteiger partial charge in [0.15, 0.2) is 0 Å². The van der Waals surface area contributed by atoms with Crippen LogP contribution in [0.15, 0.2) is 39.8 Å². The number of hydrogen-bond acceptors (Lipinski definition) is 4. The highest BCUT2D eigenvalue weighted by atomic mass is 32.2. The fourth-order valence-corrected chi connectivity index (χ4v) is 2.81. The molecule has 0 aliphatic rings. The van der Waals surface area contributed by atoms with Crippen molar-refractivity contribution in [3.05, 3.63) is 47.4 Å². The van der Waals surface area contributed by atoms with Gasteiger partial charge in [0.25, 0.3) is 0 Å². The molecule has 4 heteroatoms. The first kappa shape index (κ1) is 14.0. The van der Waals surface area contributed by atoms with Gasteiger partial charge in [-0.05, 0) is 37.6 Å². The van der Waals surface area contributed by atoms with Crippen molar-refractivity contribution >= 4 is 11.8 Å². The zero-order valence-electron chi connectivity index (χ0n) is 11.5. The minimum atomic E-state index is 0.0327. The van der Waals surface area contributed by atoms with E-state index in [0.717, 1.165) is 33.3 Å². The standard InChI is InChI=1S/C15H19NO2S/c1-10(16)12-4-5-14(17-3)13(8-12)9-19-15-6-7-18-11(15)2/h4-8,10H,9,16H2,1-3H3. The largest absolute Gasteiger partial charge is 0.496 e. The summed E-state index contributed by atoms with van der Waals surface area (Å²) in [5.41, 5.74) is 8.21. The lowest BCUT2D eigenvalue weighted by molar-refractivity contribution is 0.411. The summed E-state index contributed by atoms with van der Waals surface area (Å²) in [6.45, 7) is 3.96. The Morgan fingerprint density at radius 2 is 2.16 bits per heavy atom. The van der Waals surface area contributed by atoms with Crippen LogP contribution in [0.5, 0.6) is 5.75 Å². The Morgan fingerprint density at radius 1 is 1.37 bits per heavy atom. The normalized spacial score (nSPS) is 12.4. The third-order valence-electron chi connectivity index (χ3n) is 3.02. The third-order valence-corrected chi connectivity index (χ3v) is 4.21. The number of methoxy groups -OCH3 is 1. The highest BCUT2D eigenvalue weighted by Gasteiger charge is 2.09. The summed E-state index contributed by atoms with van der Waals surface area (Å²) < 4.78 is 10.7. The van der Waals surface area contributed by atoms with Crippen LogP contribution in [-0.2, 0) is 5.75 Å². The van der Waals surface area contributed by atoms with E-state index in [1.165, 1.54) is 0 Å². The van der Waals surface area contributed by atoms with Gasteiger partial charge in [0.2, 0.25) is 0 Å². The van der Waals surface area contributed by atoms with Gasteiger partial charge in [-0.15, -0.1) is 11.8 Å². The number of aryl methyl sites for hydroxylation is 1. The summed E-state index contributed by atoms with van der Waals surface area (Å²) >= 11 is 1.74. The van der Waals surface area contributed by atoms with E-state index in [0.29, 0.717) is 0 Å². The van der Waals surface area contributed by atoms with Gasteiger partial charge in [0.1, 0.15) is 11.5 Å². The zero-order chi connectivity index (χ0) is 13.8. The Kier molecular flexibility index (Phi) is 4.56. The molecule has 0 saturated carbocycles. The zero-order valence-corrected chi connectivity index (χ0v) is 12.3. The number of ether oxygens (including phenoxy) is 1. The van der Waals surface area contributed by atoms with Gasteiger partial charge < -0.3 is 14.9 Å². The second-order valence-corrected chi connectivity index (χ2v) is 5.51. The Hall–Kier alpha value is -1.39. The summed E-state index contributed by atoms with van der Waals surface area (Å²) in [4.78, 5) is 1.16. The van der Waals surface area contributed by atoms with Crippen molar-refractivity contribution in [2.24, 2.45) is 5.73 Å². The van der Waals surface area contributed by atoms with Crippen LogP contribution in [0.25, 0.3) is 0 Å². The van der Waals surface area contributed by atoms with Gasteiger partial charge >= 0.3 is 0 Å². The van der Waals surface area contributed by atoms with Crippen molar-refractivity contribution in [1.29, 1.82) is 0 Å². The van der Waals surface area contributed by atoms with E-state index in [4.69, 9.17) is 14.9 Å². The van der Waals surface area contributed by atoms with Gasteiger partial charge in [-0.25, -0.2) is 0 Å². The average molecular weight is 277 g/mol. The fourth-order valence-electron chi connectivity index (χ4n) is 1.87. The molecule has 0 bridgehead atoms. The lowest BCUT2D eigenvalue weighted by Crippen LogP contribution is -2.05. The molecule has 1 aromatic carbocycles. The number of thioether (sulfide) groups is 1. The van der Waals surface area contributed by atoms with Crippen LogP contribution in [0, 0.1) is 6.92 Å². The van der Waals surface area contributed by atoms with Gasteiger partial charge in [-0.1, -0.05) is 6.07 Å². The van der Waals surface area contributed by atoms with Crippen molar-refractivity contribution in [3.8, 4) is 5.75 Å². The van der Waals surface area contributed by atoms with Gasteiger partial charge in [0, 0.05) is 22.3 Å². The number of furan rings is 1. The monoisotopic (exact) mass is 277 g/mol. The van der Waals surface area contributed by atoms with Crippen LogP contribution >= 0.6 is 11.8 Å². The molecule has 1 atom stereocenters. The van der Waals surface area contributed by atoms with E-state index in [9.17, 15) is 0 Å². The summed E-state index contributed by atoms with van der Waals surface area (Å²) in [5.74, 6) is 2.69. The molecular weight excluding hydrogens is 258 g/mol. The molecule has 1 heterocycles.